The number of carbonyl (C=O) groups excluding carboxylic acids is 2. The summed E-state index contributed by atoms with van der Waals surface area (Å²) in [7, 11) is 0. The van der Waals surface area contributed by atoms with Gasteiger partial charge in [0, 0.05) is 23.9 Å². The van der Waals surface area contributed by atoms with Crippen LogP contribution in [0.2, 0.25) is 0 Å². The smallest absolute Gasteiger partial charge is 0.277 e. The number of hydrogen-bond acceptors (Lipinski definition) is 7. The zero-order valence-corrected chi connectivity index (χ0v) is 16.7. The molecule has 0 radical (unpaired) electrons. The van der Waals surface area contributed by atoms with Crippen LogP contribution in [0.1, 0.15) is 17.4 Å². The minimum Gasteiger partial charge on any atom is -0.486 e. The number of amides is 2. The summed E-state index contributed by atoms with van der Waals surface area (Å²) in [5.74, 6) is 1.77. The van der Waals surface area contributed by atoms with E-state index in [1.165, 1.54) is 0 Å². The van der Waals surface area contributed by atoms with E-state index < -0.39 is 5.91 Å². The Morgan fingerprint density at radius 2 is 1.84 bits per heavy atom. The molecule has 0 spiro atoms. The van der Waals surface area contributed by atoms with Crippen LogP contribution in [0, 0.1) is 0 Å². The number of carbonyl (C=O) groups is 2. The fourth-order valence-electron chi connectivity index (χ4n) is 3.54. The number of benzene rings is 2. The van der Waals surface area contributed by atoms with Gasteiger partial charge in [0.2, 0.25) is 0 Å². The van der Waals surface area contributed by atoms with Crippen LogP contribution < -0.4 is 24.4 Å². The van der Waals surface area contributed by atoms with Gasteiger partial charge >= 0.3 is 0 Å². The minimum absolute atomic E-state index is 0.00806. The monoisotopic (exact) mass is 421 g/mol. The molecule has 1 aromatic heterocycles. The number of fused-ring (bicyclic) bond motifs is 2. The number of hydrogen-bond donors (Lipinski definition) is 1. The van der Waals surface area contributed by atoms with E-state index >= 15 is 0 Å². The van der Waals surface area contributed by atoms with Gasteiger partial charge in [0.05, 0.1) is 5.69 Å². The van der Waals surface area contributed by atoms with Gasteiger partial charge in [0.25, 0.3) is 11.8 Å². The Morgan fingerprint density at radius 1 is 1.03 bits per heavy atom. The van der Waals surface area contributed by atoms with E-state index in [4.69, 9.17) is 18.7 Å². The Morgan fingerprint density at radius 3 is 2.68 bits per heavy atom. The van der Waals surface area contributed by atoms with Crippen LogP contribution in [0.5, 0.6) is 17.2 Å². The SMILES string of the molecule is CCN1C(=O)COc2ccc(NC(=O)c3cc(-c4ccc5c(c4)OCCO5)on3)cc21. The molecule has 31 heavy (non-hydrogen) atoms. The van der Waals surface area contributed by atoms with Crippen molar-refractivity contribution in [3.8, 4) is 28.6 Å². The molecule has 2 aliphatic rings. The molecule has 3 aromatic rings. The molecule has 0 atom stereocenters. The second-order valence-corrected chi connectivity index (χ2v) is 7.00. The molecule has 9 nitrogen and oxygen atoms in total. The molecule has 0 saturated heterocycles. The predicted molar refractivity (Wildman–Crippen MR) is 111 cm³/mol. The first-order valence-corrected chi connectivity index (χ1v) is 9.87. The molecule has 1 N–H and O–H groups in total. The lowest BCUT2D eigenvalue weighted by Crippen LogP contribution is -2.38. The molecule has 3 heterocycles. The maximum Gasteiger partial charge on any atom is 0.277 e. The molecule has 0 fully saturated rings. The van der Waals surface area contributed by atoms with E-state index in [9.17, 15) is 9.59 Å². The maximum absolute atomic E-state index is 12.7. The van der Waals surface area contributed by atoms with Crippen LogP contribution in [-0.2, 0) is 4.79 Å². The lowest BCUT2D eigenvalue weighted by atomic mass is 10.1. The van der Waals surface area contributed by atoms with Crippen molar-refractivity contribution in [1.82, 2.24) is 5.16 Å². The van der Waals surface area contributed by atoms with Crippen LogP contribution in [0.3, 0.4) is 0 Å². The highest BCUT2D eigenvalue weighted by molar-refractivity contribution is 6.04. The highest BCUT2D eigenvalue weighted by atomic mass is 16.6. The molecule has 0 unspecified atom stereocenters. The lowest BCUT2D eigenvalue weighted by molar-refractivity contribution is -0.121. The molecule has 0 saturated carbocycles. The second kappa shape index (κ2) is 7.67. The number of aromatic nitrogens is 1. The summed E-state index contributed by atoms with van der Waals surface area (Å²) in [5, 5.41) is 6.67. The number of nitrogens with zero attached hydrogens (tertiary/aromatic N) is 2. The Bertz CT molecular complexity index is 1170. The zero-order valence-electron chi connectivity index (χ0n) is 16.7. The van der Waals surface area contributed by atoms with E-state index in [0.29, 0.717) is 54.1 Å². The third-order valence-electron chi connectivity index (χ3n) is 5.05. The largest absolute Gasteiger partial charge is 0.486 e. The molecular weight excluding hydrogens is 402 g/mol. The highest BCUT2D eigenvalue weighted by Gasteiger charge is 2.25. The van der Waals surface area contributed by atoms with Crippen LogP contribution in [0.15, 0.2) is 47.0 Å². The lowest BCUT2D eigenvalue weighted by Gasteiger charge is -2.28. The van der Waals surface area contributed by atoms with Gasteiger partial charge in [-0.05, 0) is 43.3 Å². The predicted octanol–water partition coefficient (Wildman–Crippen LogP) is 3.11. The summed E-state index contributed by atoms with van der Waals surface area (Å²) in [4.78, 5) is 26.3. The van der Waals surface area contributed by atoms with Crippen LogP contribution in [0.4, 0.5) is 11.4 Å². The number of rotatable bonds is 4. The summed E-state index contributed by atoms with van der Waals surface area (Å²) in [6.07, 6.45) is 0. The fourth-order valence-corrected chi connectivity index (χ4v) is 3.54. The number of anilines is 2. The summed E-state index contributed by atoms with van der Waals surface area (Å²) in [6, 6.07) is 12.1. The van der Waals surface area contributed by atoms with E-state index in [-0.39, 0.29) is 18.2 Å². The normalized spacial score (nSPS) is 14.6. The van der Waals surface area contributed by atoms with Crippen molar-refractivity contribution in [2.45, 2.75) is 6.92 Å². The van der Waals surface area contributed by atoms with Gasteiger partial charge in [-0.3, -0.25) is 9.59 Å². The fraction of sp³-hybridized carbons (Fsp3) is 0.227. The van der Waals surface area contributed by atoms with Gasteiger partial charge in [0.15, 0.2) is 29.6 Å². The van der Waals surface area contributed by atoms with Gasteiger partial charge in [-0.2, -0.15) is 0 Å². The number of nitrogens with one attached hydrogen (secondary N) is 1. The van der Waals surface area contributed by atoms with Gasteiger partial charge in [0.1, 0.15) is 19.0 Å². The molecule has 2 aliphatic heterocycles. The standard InChI is InChI=1S/C22H19N3O6/c1-2-25-16-10-14(4-6-17(16)30-12-21(25)26)23-22(27)15-11-19(31-24-15)13-3-5-18-20(9-13)29-8-7-28-18/h3-6,9-11H,2,7-8,12H2,1H3,(H,23,27). The maximum atomic E-state index is 12.7. The first-order valence-electron chi connectivity index (χ1n) is 9.87. The van der Waals surface area contributed by atoms with Crippen molar-refractivity contribution in [3.05, 3.63) is 48.2 Å². The average molecular weight is 421 g/mol. The Hall–Kier alpha value is -4.01. The van der Waals surface area contributed by atoms with Crippen LogP contribution in [-0.4, -0.2) is 43.3 Å². The third kappa shape index (κ3) is 3.54. The van der Waals surface area contributed by atoms with Gasteiger partial charge in [-0.25, -0.2) is 0 Å². The van der Waals surface area contributed by atoms with Crippen molar-refractivity contribution >= 4 is 23.2 Å². The quantitative estimate of drug-likeness (QED) is 0.690. The molecule has 2 amide bonds. The zero-order chi connectivity index (χ0) is 21.4. The number of likely N-dealkylation sites (N-methyl/N-ethyl adjacent to an activating group) is 1. The van der Waals surface area contributed by atoms with Crippen molar-refractivity contribution in [1.29, 1.82) is 0 Å². The number of ether oxygens (including phenoxy) is 3. The average Bonchev–Trinajstić information content (AvgIpc) is 3.29. The van der Waals surface area contributed by atoms with Gasteiger partial charge in [-0.15, -0.1) is 0 Å². The molecule has 158 valence electrons. The molecule has 0 bridgehead atoms. The van der Waals surface area contributed by atoms with Gasteiger partial charge in [-0.1, -0.05) is 5.16 Å². The van der Waals surface area contributed by atoms with E-state index in [1.807, 2.05) is 13.0 Å². The summed E-state index contributed by atoms with van der Waals surface area (Å²) in [5.41, 5.74) is 1.99. The molecule has 9 heteroatoms. The second-order valence-electron chi connectivity index (χ2n) is 7.00. The molecule has 2 aromatic carbocycles. The van der Waals surface area contributed by atoms with Crippen molar-refractivity contribution in [2.24, 2.45) is 0 Å². The first kappa shape index (κ1) is 19.0. The van der Waals surface area contributed by atoms with Crippen LogP contribution >= 0.6 is 0 Å². The van der Waals surface area contributed by atoms with E-state index in [2.05, 4.69) is 10.5 Å². The van der Waals surface area contributed by atoms with Gasteiger partial charge < -0.3 is 29.0 Å². The Kier molecular flexibility index (Phi) is 4.70. The van der Waals surface area contributed by atoms with Crippen molar-refractivity contribution in [3.63, 3.8) is 0 Å². The molecule has 5 rings (SSSR count). The van der Waals surface area contributed by atoms with Crippen LogP contribution in [0.25, 0.3) is 11.3 Å². The van der Waals surface area contributed by atoms with E-state index in [0.717, 1.165) is 5.56 Å². The Labute approximate surface area is 177 Å². The van der Waals surface area contributed by atoms with Crippen molar-refractivity contribution in [2.75, 3.05) is 36.6 Å². The molecular formula is C22H19N3O6. The van der Waals surface area contributed by atoms with E-state index in [1.54, 1.807) is 41.3 Å². The summed E-state index contributed by atoms with van der Waals surface area (Å²) in [6.45, 7) is 3.39. The summed E-state index contributed by atoms with van der Waals surface area (Å²) < 4.78 is 21.9. The summed E-state index contributed by atoms with van der Waals surface area (Å²) >= 11 is 0. The Balaban J connectivity index is 1.35. The first-order chi connectivity index (χ1) is 15.1. The minimum atomic E-state index is -0.432. The highest BCUT2D eigenvalue weighted by Crippen LogP contribution is 2.36. The molecule has 0 aliphatic carbocycles. The third-order valence-corrected chi connectivity index (χ3v) is 5.05. The van der Waals surface area contributed by atoms with Crippen molar-refractivity contribution < 1.29 is 28.3 Å². The topological polar surface area (TPSA) is 103 Å².